The van der Waals surface area contributed by atoms with Crippen LogP contribution in [0.5, 0.6) is 0 Å². The molecule has 3 rings (SSSR count). The minimum Gasteiger partial charge on any atom is -0.293 e. The number of aromatic nitrogens is 3. The maximum atomic E-state index is 12.5. The summed E-state index contributed by atoms with van der Waals surface area (Å²) in [6.07, 6.45) is 4.75. The van der Waals surface area contributed by atoms with E-state index in [1.165, 1.54) is 6.08 Å². The Morgan fingerprint density at radius 1 is 1.15 bits per heavy atom. The summed E-state index contributed by atoms with van der Waals surface area (Å²) in [6.45, 7) is 3.86. The van der Waals surface area contributed by atoms with Crippen molar-refractivity contribution in [2.75, 3.05) is 0 Å². The zero-order chi connectivity index (χ0) is 18.5. The van der Waals surface area contributed by atoms with Crippen molar-refractivity contribution in [3.8, 4) is 11.8 Å². The minimum atomic E-state index is -0.905. The van der Waals surface area contributed by atoms with E-state index in [1.54, 1.807) is 30.5 Å². The van der Waals surface area contributed by atoms with Crippen LogP contribution in [0.1, 0.15) is 28.6 Å². The topological polar surface area (TPSA) is 71.6 Å². The summed E-state index contributed by atoms with van der Waals surface area (Å²) in [5, 5.41) is 13.9. The van der Waals surface area contributed by atoms with Gasteiger partial charge in [-0.2, -0.15) is 10.4 Å². The lowest BCUT2D eigenvalue weighted by molar-refractivity contribution is -0.114. The maximum Gasteiger partial charge on any atom is 0.178 e. The smallest absolute Gasteiger partial charge is 0.178 e. The second kappa shape index (κ2) is 7.58. The van der Waals surface area contributed by atoms with Crippen LogP contribution in [0.2, 0.25) is 0 Å². The van der Waals surface area contributed by atoms with Gasteiger partial charge in [0.1, 0.15) is 0 Å². The molecule has 0 spiro atoms. The fourth-order valence-corrected chi connectivity index (χ4v) is 2.80. The quantitative estimate of drug-likeness (QED) is 0.662. The second-order valence-electron chi connectivity index (χ2n) is 5.88. The van der Waals surface area contributed by atoms with Crippen LogP contribution >= 0.6 is 0 Å². The molecule has 128 valence electrons. The number of carbonyl (C=O) groups excluding carboxylic acids is 1. The van der Waals surface area contributed by atoms with Gasteiger partial charge in [-0.05, 0) is 50.3 Å². The molecule has 5 heteroatoms. The van der Waals surface area contributed by atoms with E-state index >= 15 is 0 Å². The summed E-state index contributed by atoms with van der Waals surface area (Å²) < 4.78 is 1.85. The predicted molar refractivity (Wildman–Crippen MR) is 99.7 cm³/mol. The Morgan fingerprint density at radius 2 is 1.88 bits per heavy atom. The van der Waals surface area contributed by atoms with E-state index in [0.29, 0.717) is 5.69 Å². The van der Waals surface area contributed by atoms with Crippen molar-refractivity contribution in [3.63, 3.8) is 0 Å². The molecule has 0 fully saturated rings. The number of allylic oxidation sites excluding steroid dienone is 1. The summed E-state index contributed by atoms with van der Waals surface area (Å²) in [4.78, 5) is 16.6. The fraction of sp³-hybridized carbons (Fsp3) is 0.143. The average Bonchev–Trinajstić information content (AvgIpc) is 2.96. The molecule has 2 heterocycles. The Labute approximate surface area is 152 Å². The summed E-state index contributed by atoms with van der Waals surface area (Å²) >= 11 is 0. The summed E-state index contributed by atoms with van der Waals surface area (Å²) in [5.74, 6) is -1.20. The van der Waals surface area contributed by atoms with Gasteiger partial charge in [-0.3, -0.25) is 9.78 Å². The molecule has 0 saturated carbocycles. The molecule has 0 aliphatic heterocycles. The van der Waals surface area contributed by atoms with Crippen molar-refractivity contribution >= 4 is 11.9 Å². The molecule has 1 aromatic carbocycles. The van der Waals surface area contributed by atoms with E-state index in [4.69, 9.17) is 0 Å². The van der Waals surface area contributed by atoms with Crippen LogP contribution in [-0.2, 0) is 4.79 Å². The van der Waals surface area contributed by atoms with Crippen LogP contribution in [-0.4, -0.2) is 20.5 Å². The van der Waals surface area contributed by atoms with Crippen molar-refractivity contribution in [2.45, 2.75) is 19.8 Å². The van der Waals surface area contributed by atoms with E-state index in [0.717, 1.165) is 22.6 Å². The first-order chi connectivity index (χ1) is 12.6. The van der Waals surface area contributed by atoms with Gasteiger partial charge in [0, 0.05) is 17.5 Å². The number of nitriles is 1. The third-order valence-electron chi connectivity index (χ3n) is 4.16. The number of carbonyl (C=O) groups is 1. The third kappa shape index (κ3) is 3.45. The molecule has 26 heavy (non-hydrogen) atoms. The monoisotopic (exact) mass is 342 g/mol. The lowest BCUT2D eigenvalue weighted by atomic mass is 10.00. The van der Waals surface area contributed by atoms with Crippen molar-refractivity contribution in [1.82, 2.24) is 14.8 Å². The molecule has 0 saturated heterocycles. The van der Waals surface area contributed by atoms with Crippen LogP contribution < -0.4 is 0 Å². The van der Waals surface area contributed by atoms with E-state index in [2.05, 4.69) is 10.1 Å². The van der Waals surface area contributed by atoms with Gasteiger partial charge in [0.15, 0.2) is 11.7 Å². The SMILES string of the molecule is Cc1nn(-c2ccccc2)c(C)c1C=CC(=O)C(C#N)c1ccccn1. The fourth-order valence-electron chi connectivity index (χ4n) is 2.80. The van der Waals surface area contributed by atoms with Crippen molar-refractivity contribution in [1.29, 1.82) is 5.26 Å². The maximum absolute atomic E-state index is 12.5. The number of rotatable bonds is 5. The van der Waals surface area contributed by atoms with Gasteiger partial charge in [-0.25, -0.2) is 4.68 Å². The third-order valence-corrected chi connectivity index (χ3v) is 4.16. The van der Waals surface area contributed by atoms with Gasteiger partial charge in [-0.15, -0.1) is 0 Å². The van der Waals surface area contributed by atoms with Crippen molar-refractivity contribution < 1.29 is 4.79 Å². The number of ketones is 1. The Bertz CT molecular complexity index is 982. The molecule has 0 aliphatic rings. The number of aryl methyl sites for hydroxylation is 1. The average molecular weight is 342 g/mol. The van der Waals surface area contributed by atoms with Gasteiger partial charge in [0.25, 0.3) is 0 Å². The Morgan fingerprint density at radius 3 is 2.54 bits per heavy atom. The molecule has 0 bridgehead atoms. The predicted octanol–water partition coefficient (Wildman–Crippen LogP) is 3.77. The highest BCUT2D eigenvalue weighted by Gasteiger charge is 2.19. The van der Waals surface area contributed by atoms with Crippen molar-refractivity contribution in [3.05, 3.63) is 83.4 Å². The zero-order valence-corrected chi connectivity index (χ0v) is 14.6. The molecule has 1 atom stereocenters. The minimum absolute atomic E-state index is 0.294. The number of pyridine rings is 1. The van der Waals surface area contributed by atoms with Crippen LogP contribution in [0.4, 0.5) is 0 Å². The highest BCUT2D eigenvalue weighted by molar-refractivity contribution is 6.00. The highest BCUT2D eigenvalue weighted by Crippen LogP contribution is 2.20. The molecule has 1 unspecified atom stereocenters. The van der Waals surface area contributed by atoms with Crippen molar-refractivity contribution in [2.24, 2.45) is 0 Å². The molecular weight excluding hydrogens is 324 g/mol. The van der Waals surface area contributed by atoms with Gasteiger partial charge in [0.2, 0.25) is 0 Å². The van der Waals surface area contributed by atoms with Gasteiger partial charge in [0.05, 0.1) is 23.1 Å². The molecule has 2 aromatic heterocycles. The van der Waals surface area contributed by atoms with E-state index in [9.17, 15) is 10.1 Å². The number of hydrogen-bond acceptors (Lipinski definition) is 4. The van der Waals surface area contributed by atoms with Crippen LogP contribution in [0.25, 0.3) is 11.8 Å². The highest BCUT2D eigenvalue weighted by atomic mass is 16.1. The van der Waals surface area contributed by atoms with Crippen LogP contribution in [0.15, 0.2) is 60.8 Å². The lowest BCUT2D eigenvalue weighted by Gasteiger charge is -2.04. The molecule has 0 aliphatic carbocycles. The number of hydrogen-bond donors (Lipinski definition) is 0. The molecule has 3 aromatic rings. The second-order valence-corrected chi connectivity index (χ2v) is 5.88. The van der Waals surface area contributed by atoms with Gasteiger partial charge < -0.3 is 0 Å². The normalized spacial score (nSPS) is 12.0. The van der Waals surface area contributed by atoms with Gasteiger partial charge in [-0.1, -0.05) is 24.3 Å². The van der Waals surface area contributed by atoms with E-state index in [-0.39, 0.29) is 5.78 Å². The van der Waals surface area contributed by atoms with Crippen LogP contribution in [0, 0.1) is 25.2 Å². The standard InChI is InChI=1S/C21H18N4O/c1-15-18(16(2)25(24-15)17-8-4-3-5-9-17)11-12-21(26)19(14-22)20-10-6-7-13-23-20/h3-13,19H,1-2H3. The zero-order valence-electron chi connectivity index (χ0n) is 14.6. The molecule has 0 N–H and O–H groups in total. The van der Waals surface area contributed by atoms with Crippen LogP contribution in [0.3, 0.4) is 0 Å². The molecule has 5 nitrogen and oxygen atoms in total. The number of para-hydroxylation sites is 1. The first-order valence-electron chi connectivity index (χ1n) is 8.26. The number of nitrogens with zero attached hydrogens (tertiary/aromatic N) is 4. The van der Waals surface area contributed by atoms with Gasteiger partial charge >= 0.3 is 0 Å². The van der Waals surface area contributed by atoms with E-state index < -0.39 is 5.92 Å². The largest absolute Gasteiger partial charge is 0.293 e. The Kier molecular flexibility index (Phi) is 5.04. The summed E-state index contributed by atoms with van der Waals surface area (Å²) in [6, 6.07) is 17.0. The first kappa shape index (κ1) is 17.3. The Hall–Kier alpha value is -3.52. The first-order valence-corrected chi connectivity index (χ1v) is 8.26. The lowest BCUT2D eigenvalue weighted by Crippen LogP contribution is -2.09. The van der Waals surface area contributed by atoms with E-state index in [1.807, 2.05) is 54.9 Å². The summed E-state index contributed by atoms with van der Waals surface area (Å²) in [5.41, 5.74) is 4.05. The summed E-state index contributed by atoms with van der Waals surface area (Å²) in [7, 11) is 0. The number of benzene rings is 1. The molecule has 0 amide bonds. The molecular formula is C21H18N4O. The Balaban J connectivity index is 1.88. The molecule has 0 radical (unpaired) electrons.